The van der Waals surface area contributed by atoms with Crippen LogP contribution in [0, 0.1) is 0 Å². The van der Waals surface area contributed by atoms with E-state index in [1.165, 1.54) is 0 Å². The molecule has 1 saturated heterocycles. The van der Waals surface area contributed by atoms with E-state index in [9.17, 15) is 9.90 Å². The van der Waals surface area contributed by atoms with Gasteiger partial charge in [0, 0.05) is 17.6 Å². The number of aliphatic carboxylic acids is 1. The first-order chi connectivity index (χ1) is 8.68. The number of ether oxygens (including phenoxy) is 1. The zero-order valence-corrected chi connectivity index (χ0v) is 11.5. The lowest BCUT2D eigenvalue weighted by Gasteiger charge is -2.18. The van der Waals surface area contributed by atoms with Crippen LogP contribution in [-0.4, -0.2) is 30.3 Å². The van der Waals surface area contributed by atoms with Crippen molar-refractivity contribution in [1.29, 1.82) is 0 Å². The molecule has 0 saturated carbocycles. The largest absolute Gasteiger partial charge is 0.480 e. The van der Waals surface area contributed by atoms with E-state index in [0.29, 0.717) is 6.54 Å². The van der Waals surface area contributed by atoms with E-state index >= 15 is 0 Å². The second-order valence-electron chi connectivity index (χ2n) is 4.34. The molecule has 2 N–H and O–H groups in total. The van der Waals surface area contributed by atoms with Gasteiger partial charge in [-0.25, -0.2) is 0 Å². The third kappa shape index (κ3) is 3.31. The number of hydrogen-bond acceptors (Lipinski definition) is 3. The van der Waals surface area contributed by atoms with Gasteiger partial charge in [-0.3, -0.25) is 10.1 Å². The highest BCUT2D eigenvalue weighted by Crippen LogP contribution is 2.24. The molecule has 2 unspecified atom stereocenters. The Kier molecular flexibility index (Phi) is 4.74. The Hall–Kier alpha value is -0.910. The summed E-state index contributed by atoms with van der Waals surface area (Å²) in [7, 11) is 0. The highest BCUT2D eigenvalue weighted by atomic mass is 79.9. The van der Waals surface area contributed by atoms with Crippen LogP contribution < -0.4 is 5.32 Å². The van der Waals surface area contributed by atoms with Gasteiger partial charge in [-0.1, -0.05) is 34.1 Å². The number of halogens is 1. The molecule has 0 amide bonds. The molecule has 0 radical (unpaired) electrons. The van der Waals surface area contributed by atoms with Crippen LogP contribution in [0.2, 0.25) is 0 Å². The van der Waals surface area contributed by atoms with Crippen LogP contribution in [0.1, 0.15) is 24.4 Å². The minimum atomic E-state index is -0.875. The molecule has 5 heteroatoms. The third-order valence-electron chi connectivity index (χ3n) is 3.04. The molecule has 1 aliphatic rings. The summed E-state index contributed by atoms with van der Waals surface area (Å²) in [4.78, 5) is 11.3. The summed E-state index contributed by atoms with van der Waals surface area (Å²) in [6.07, 6.45) is 2.18. The Bertz CT molecular complexity index is 418. The highest BCUT2D eigenvalue weighted by molar-refractivity contribution is 9.10. The van der Waals surface area contributed by atoms with Gasteiger partial charge in [0.2, 0.25) is 0 Å². The van der Waals surface area contributed by atoms with Crippen molar-refractivity contribution in [3.8, 4) is 0 Å². The van der Waals surface area contributed by atoms with Gasteiger partial charge in [0.05, 0.1) is 6.10 Å². The number of benzene rings is 1. The van der Waals surface area contributed by atoms with Gasteiger partial charge in [0.25, 0.3) is 0 Å². The monoisotopic (exact) mass is 313 g/mol. The average Bonchev–Trinajstić information content (AvgIpc) is 2.84. The van der Waals surface area contributed by atoms with E-state index < -0.39 is 12.0 Å². The molecule has 0 bridgehead atoms. The molecule has 1 aromatic rings. The lowest BCUT2D eigenvalue weighted by molar-refractivity contribution is -0.139. The SMILES string of the molecule is O=C(O)C(NCC1CCCO1)c1ccccc1Br. The molecule has 18 heavy (non-hydrogen) atoms. The van der Waals surface area contributed by atoms with Crippen molar-refractivity contribution in [3.05, 3.63) is 34.3 Å². The van der Waals surface area contributed by atoms with Crippen LogP contribution in [0.25, 0.3) is 0 Å². The maximum atomic E-state index is 11.3. The van der Waals surface area contributed by atoms with Crippen molar-refractivity contribution in [2.45, 2.75) is 25.0 Å². The molecular formula is C13H16BrNO3. The van der Waals surface area contributed by atoms with Crippen molar-refractivity contribution in [2.75, 3.05) is 13.2 Å². The topological polar surface area (TPSA) is 58.6 Å². The first kappa shape index (κ1) is 13.5. The second-order valence-corrected chi connectivity index (χ2v) is 5.19. The van der Waals surface area contributed by atoms with Gasteiger partial charge in [0.15, 0.2) is 0 Å². The molecular weight excluding hydrogens is 298 g/mol. The smallest absolute Gasteiger partial charge is 0.325 e. The Balaban J connectivity index is 2.04. The van der Waals surface area contributed by atoms with Gasteiger partial charge in [-0.2, -0.15) is 0 Å². The maximum Gasteiger partial charge on any atom is 0.325 e. The lowest BCUT2D eigenvalue weighted by atomic mass is 10.1. The molecule has 0 aliphatic carbocycles. The fourth-order valence-electron chi connectivity index (χ4n) is 2.09. The summed E-state index contributed by atoms with van der Waals surface area (Å²) in [6, 6.07) is 6.66. The Morgan fingerprint density at radius 3 is 2.94 bits per heavy atom. The van der Waals surface area contributed by atoms with Crippen molar-refractivity contribution in [1.82, 2.24) is 5.32 Å². The van der Waals surface area contributed by atoms with Crippen LogP contribution in [0.5, 0.6) is 0 Å². The zero-order chi connectivity index (χ0) is 13.0. The number of carboxylic acid groups (broad SMARTS) is 1. The number of rotatable bonds is 5. The first-order valence-corrected chi connectivity index (χ1v) is 6.80. The van der Waals surface area contributed by atoms with E-state index in [1.807, 2.05) is 24.3 Å². The average molecular weight is 314 g/mol. The Morgan fingerprint density at radius 1 is 1.56 bits per heavy atom. The van der Waals surface area contributed by atoms with Crippen LogP contribution in [0.4, 0.5) is 0 Å². The fraction of sp³-hybridized carbons (Fsp3) is 0.462. The van der Waals surface area contributed by atoms with Crippen LogP contribution in [0.3, 0.4) is 0 Å². The molecule has 1 aromatic carbocycles. The first-order valence-electron chi connectivity index (χ1n) is 6.00. The van der Waals surface area contributed by atoms with Crippen LogP contribution in [0.15, 0.2) is 28.7 Å². The number of hydrogen-bond donors (Lipinski definition) is 2. The summed E-state index contributed by atoms with van der Waals surface area (Å²) < 4.78 is 6.29. The standard InChI is InChI=1S/C13H16BrNO3/c14-11-6-2-1-5-10(11)12(13(16)17)15-8-9-4-3-7-18-9/h1-2,5-6,9,12,15H,3-4,7-8H2,(H,16,17). The molecule has 2 atom stereocenters. The summed E-state index contributed by atoms with van der Waals surface area (Å²) >= 11 is 3.38. The predicted octanol–water partition coefficient (Wildman–Crippen LogP) is 2.34. The molecule has 1 fully saturated rings. The van der Waals surface area contributed by atoms with Crippen LogP contribution >= 0.6 is 15.9 Å². The summed E-state index contributed by atoms with van der Waals surface area (Å²) in [5.41, 5.74) is 0.739. The Labute approximate surface area is 114 Å². The Morgan fingerprint density at radius 2 is 2.33 bits per heavy atom. The van der Waals surface area contributed by atoms with Crippen LogP contribution in [-0.2, 0) is 9.53 Å². The van der Waals surface area contributed by atoms with Gasteiger partial charge in [-0.05, 0) is 24.5 Å². The maximum absolute atomic E-state index is 11.3. The highest BCUT2D eigenvalue weighted by Gasteiger charge is 2.24. The molecule has 0 spiro atoms. The van der Waals surface area contributed by atoms with Gasteiger partial charge in [-0.15, -0.1) is 0 Å². The number of carbonyl (C=O) groups is 1. The normalized spacial score (nSPS) is 20.8. The van der Waals surface area contributed by atoms with E-state index in [-0.39, 0.29) is 6.10 Å². The van der Waals surface area contributed by atoms with E-state index in [4.69, 9.17) is 4.74 Å². The quantitative estimate of drug-likeness (QED) is 0.876. The summed E-state index contributed by atoms with van der Waals surface area (Å²) in [5, 5.41) is 12.4. The van der Waals surface area contributed by atoms with Gasteiger partial charge < -0.3 is 9.84 Å². The molecule has 0 aromatic heterocycles. The minimum Gasteiger partial charge on any atom is -0.480 e. The summed E-state index contributed by atoms with van der Waals surface area (Å²) in [5.74, 6) is -0.875. The molecule has 1 heterocycles. The molecule has 4 nitrogen and oxygen atoms in total. The number of nitrogens with one attached hydrogen (secondary N) is 1. The third-order valence-corrected chi connectivity index (χ3v) is 3.76. The molecule has 2 rings (SSSR count). The predicted molar refractivity (Wildman–Crippen MR) is 71.5 cm³/mol. The van der Waals surface area contributed by atoms with E-state index in [0.717, 1.165) is 29.5 Å². The van der Waals surface area contributed by atoms with E-state index in [2.05, 4.69) is 21.2 Å². The minimum absolute atomic E-state index is 0.134. The zero-order valence-electron chi connectivity index (χ0n) is 9.93. The number of carboxylic acids is 1. The fourth-order valence-corrected chi connectivity index (χ4v) is 2.61. The van der Waals surface area contributed by atoms with Crippen molar-refractivity contribution < 1.29 is 14.6 Å². The lowest BCUT2D eigenvalue weighted by Crippen LogP contribution is -2.34. The molecule has 1 aliphatic heterocycles. The second kappa shape index (κ2) is 6.31. The van der Waals surface area contributed by atoms with E-state index in [1.54, 1.807) is 0 Å². The van der Waals surface area contributed by atoms with Gasteiger partial charge in [0.1, 0.15) is 6.04 Å². The van der Waals surface area contributed by atoms with Crippen molar-refractivity contribution in [2.24, 2.45) is 0 Å². The van der Waals surface area contributed by atoms with Crippen molar-refractivity contribution in [3.63, 3.8) is 0 Å². The van der Waals surface area contributed by atoms with Gasteiger partial charge >= 0.3 is 5.97 Å². The molecule has 98 valence electrons. The summed E-state index contributed by atoms with van der Waals surface area (Å²) in [6.45, 7) is 1.34. The van der Waals surface area contributed by atoms with Crippen molar-refractivity contribution >= 4 is 21.9 Å².